The predicted molar refractivity (Wildman–Crippen MR) is 73.2 cm³/mol. The summed E-state index contributed by atoms with van der Waals surface area (Å²) >= 11 is 0. The third kappa shape index (κ3) is 2.54. The second-order valence-corrected chi connectivity index (χ2v) is 6.13. The summed E-state index contributed by atoms with van der Waals surface area (Å²) in [5, 5.41) is 3.14. The first kappa shape index (κ1) is 13.8. The van der Waals surface area contributed by atoms with Gasteiger partial charge in [-0.25, -0.2) is 0 Å². The van der Waals surface area contributed by atoms with Gasteiger partial charge in [-0.15, -0.1) is 0 Å². The molecule has 1 unspecified atom stereocenters. The molecule has 18 heavy (non-hydrogen) atoms. The van der Waals surface area contributed by atoms with Crippen molar-refractivity contribution >= 4 is 5.91 Å². The zero-order valence-corrected chi connectivity index (χ0v) is 11.7. The van der Waals surface area contributed by atoms with Gasteiger partial charge in [-0.3, -0.25) is 9.69 Å². The highest BCUT2D eigenvalue weighted by Gasteiger charge is 2.47. The highest BCUT2D eigenvalue weighted by atomic mass is 16.2. The Morgan fingerprint density at radius 2 is 2.22 bits per heavy atom. The average molecular weight is 253 g/mol. The summed E-state index contributed by atoms with van der Waals surface area (Å²) in [5.41, 5.74) is 5.54. The van der Waals surface area contributed by atoms with Crippen LogP contribution < -0.4 is 11.1 Å². The fourth-order valence-corrected chi connectivity index (χ4v) is 3.66. The van der Waals surface area contributed by atoms with Crippen LogP contribution in [-0.4, -0.2) is 43.0 Å². The molecule has 0 bridgehead atoms. The van der Waals surface area contributed by atoms with E-state index >= 15 is 0 Å². The van der Waals surface area contributed by atoms with Gasteiger partial charge in [0.2, 0.25) is 5.91 Å². The van der Waals surface area contributed by atoms with Crippen molar-refractivity contribution in [1.29, 1.82) is 0 Å². The minimum atomic E-state index is -0.255. The van der Waals surface area contributed by atoms with Gasteiger partial charge < -0.3 is 11.1 Å². The maximum absolute atomic E-state index is 12.3. The highest BCUT2D eigenvalue weighted by Crippen LogP contribution is 2.44. The first-order chi connectivity index (χ1) is 8.61. The van der Waals surface area contributed by atoms with Crippen LogP contribution in [0.4, 0.5) is 0 Å². The number of nitrogens with two attached hydrogens (primary N) is 1. The Kier molecular flexibility index (Phi) is 4.28. The molecule has 1 saturated carbocycles. The van der Waals surface area contributed by atoms with Gasteiger partial charge in [-0.1, -0.05) is 13.8 Å². The molecular formula is C14H27N3O. The van der Waals surface area contributed by atoms with Crippen molar-refractivity contribution in [2.24, 2.45) is 17.1 Å². The Labute approximate surface area is 110 Å². The highest BCUT2D eigenvalue weighted by molar-refractivity contribution is 5.84. The van der Waals surface area contributed by atoms with E-state index in [1.54, 1.807) is 0 Å². The average Bonchev–Trinajstić information content (AvgIpc) is 2.79. The molecule has 2 rings (SSSR count). The molecule has 0 radical (unpaired) electrons. The molecule has 1 aliphatic heterocycles. The van der Waals surface area contributed by atoms with Crippen molar-refractivity contribution in [3.63, 3.8) is 0 Å². The summed E-state index contributed by atoms with van der Waals surface area (Å²) in [7, 11) is 0. The Balaban J connectivity index is 1.81. The summed E-state index contributed by atoms with van der Waals surface area (Å²) in [6.45, 7) is 7.93. The monoisotopic (exact) mass is 253 g/mol. The summed E-state index contributed by atoms with van der Waals surface area (Å²) in [6, 6.07) is 0.534. The predicted octanol–water partition coefficient (Wildman–Crippen LogP) is 0.962. The summed E-state index contributed by atoms with van der Waals surface area (Å²) < 4.78 is 0. The molecule has 1 amide bonds. The maximum atomic E-state index is 12.3. The van der Waals surface area contributed by atoms with Crippen LogP contribution >= 0.6 is 0 Å². The van der Waals surface area contributed by atoms with Crippen LogP contribution in [-0.2, 0) is 4.79 Å². The van der Waals surface area contributed by atoms with Crippen molar-refractivity contribution < 1.29 is 4.79 Å². The minimum Gasteiger partial charge on any atom is -0.354 e. The molecule has 0 aromatic carbocycles. The summed E-state index contributed by atoms with van der Waals surface area (Å²) in [6.07, 6.45) is 4.38. The Morgan fingerprint density at radius 3 is 2.78 bits per heavy atom. The number of hydrogen-bond acceptors (Lipinski definition) is 3. The van der Waals surface area contributed by atoms with E-state index in [9.17, 15) is 4.79 Å². The van der Waals surface area contributed by atoms with E-state index in [1.807, 2.05) is 0 Å². The number of nitrogens with one attached hydrogen (secondary N) is 1. The number of likely N-dealkylation sites (tertiary alicyclic amines) is 1. The molecule has 1 aliphatic carbocycles. The second-order valence-electron chi connectivity index (χ2n) is 6.13. The third-order valence-electron chi connectivity index (χ3n) is 4.75. The fourth-order valence-electron chi connectivity index (χ4n) is 3.66. The quantitative estimate of drug-likeness (QED) is 0.767. The van der Waals surface area contributed by atoms with Gasteiger partial charge in [0, 0.05) is 19.1 Å². The smallest absolute Gasteiger partial charge is 0.227 e. The van der Waals surface area contributed by atoms with Gasteiger partial charge in [-0.2, -0.15) is 0 Å². The van der Waals surface area contributed by atoms with Crippen molar-refractivity contribution in [3.05, 3.63) is 0 Å². The van der Waals surface area contributed by atoms with Crippen LogP contribution in [0.25, 0.3) is 0 Å². The zero-order chi connectivity index (χ0) is 13.2. The first-order valence-electron chi connectivity index (χ1n) is 7.33. The van der Waals surface area contributed by atoms with Crippen molar-refractivity contribution in [1.82, 2.24) is 10.2 Å². The lowest BCUT2D eigenvalue weighted by Gasteiger charge is -2.44. The molecule has 3 N–H and O–H groups in total. The molecule has 2 aliphatic rings. The molecule has 0 spiro atoms. The molecule has 1 atom stereocenters. The van der Waals surface area contributed by atoms with Crippen LogP contribution in [0.3, 0.4) is 0 Å². The van der Waals surface area contributed by atoms with Gasteiger partial charge in [0.05, 0.1) is 5.41 Å². The Bertz CT molecular complexity index is 299. The van der Waals surface area contributed by atoms with E-state index < -0.39 is 0 Å². The van der Waals surface area contributed by atoms with E-state index in [0.29, 0.717) is 18.5 Å². The Hall–Kier alpha value is -0.610. The molecule has 0 aromatic heterocycles. The standard InChI is InChI=1S/C14H27N3O/c1-3-17-6-4-5-12(17)9-16-13(18)14(10-15)7-11(2)8-14/h11-12H,3-10,15H2,1-2H3,(H,16,18). The van der Waals surface area contributed by atoms with Crippen molar-refractivity contribution in [2.45, 2.75) is 45.6 Å². The van der Waals surface area contributed by atoms with Gasteiger partial charge in [0.1, 0.15) is 0 Å². The van der Waals surface area contributed by atoms with Gasteiger partial charge >= 0.3 is 0 Å². The first-order valence-corrected chi connectivity index (χ1v) is 7.33. The lowest BCUT2D eigenvalue weighted by atomic mass is 9.62. The van der Waals surface area contributed by atoms with E-state index in [1.165, 1.54) is 19.4 Å². The number of carbonyl (C=O) groups is 1. The van der Waals surface area contributed by atoms with Crippen LogP contribution in [0.15, 0.2) is 0 Å². The number of likely N-dealkylation sites (N-methyl/N-ethyl adjacent to an activating group) is 1. The largest absolute Gasteiger partial charge is 0.354 e. The van der Waals surface area contributed by atoms with E-state index in [0.717, 1.165) is 25.9 Å². The van der Waals surface area contributed by atoms with Gasteiger partial charge in [0.15, 0.2) is 0 Å². The van der Waals surface area contributed by atoms with Crippen LogP contribution in [0, 0.1) is 11.3 Å². The Morgan fingerprint density at radius 1 is 1.50 bits per heavy atom. The van der Waals surface area contributed by atoms with E-state index in [2.05, 4.69) is 24.1 Å². The summed E-state index contributed by atoms with van der Waals surface area (Å²) in [4.78, 5) is 14.7. The normalized spacial score (nSPS) is 36.4. The zero-order valence-electron chi connectivity index (χ0n) is 11.7. The van der Waals surface area contributed by atoms with E-state index in [4.69, 9.17) is 5.73 Å². The molecule has 1 saturated heterocycles. The van der Waals surface area contributed by atoms with E-state index in [-0.39, 0.29) is 11.3 Å². The molecule has 4 heteroatoms. The van der Waals surface area contributed by atoms with Crippen LogP contribution in [0.5, 0.6) is 0 Å². The number of hydrogen-bond donors (Lipinski definition) is 2. The fraction of sp³-hybridized carbons (Fsp3) is 0.929. The molecule has 4 nitrogen and oxygen atoms in total. The van der Waals surface area contributed by atoms with Gasteiger partial charge in [-0.05, 0) is 44.7 Å². The molecule has 1 heterocycles. The minimum absolute atomic E-state index is 0.186. The molecule has 104 valence electrons. The van der Waals surface area contributed by atoms with Crippen LogP contribution in [0.2, 0.25) is 0 Å². The maximum Gasteiger partial charge on any atom is 0.227 e. The molecule has 2 fully saturated rings. The number of carbonyl (C=O) groups excluding carboxylic acids is 1. The van der Waals surface area contributed by atoms with Crippen molar-refractivity contribution in [2.75, 3.05) is 26.2 Å². The number of rotatable bonds is 5. The number of amides is 1. The molecule has 0 aromatic rings. The lowest BCUT2D eigenvalue weighted by Crippen LogP contribution is -2.55. The third-order valence-corrected chi connectivity index (χ3v) is 4.75. The summed E-state index contributed by atoms with van der Waals surface area (Å²) in [5.74, 6) is 0.837. The second kappa shape index (κ2) is 5.57. The SMILES string of the molecule is CCN1CCCC1CNC(=O)C1(CN)CC(C)C1. The van der Waals surface area contributed by atoms with Crippen molar-refractivity contribution in [3.8, 4) is 0 Å². The topological polar surface area (TPSA) is 58.4 Å². The molecular weight excluding hydrogens is 226 g/mol. The van der Waals surface area contributed by atoms with Crippen LogP contribution in [0.1, 0.15) is 39.5 Å². The lowest BCUT2D eigenvalue weighted by molar-refractivity contribution is -0.138. The number of nitrogens with zero attached hydrogens (tertiary/aromatic N) is 1. The van der Waals surface area contributed by atoms with Gasteiger partial charge in [0.25, 0.3) is 0 Å².